The number of ether oxygens (including phenoxy) is 2. The lowest BCUT2D eigenvalue weighted by Crippen LogP contribution is -2.59. The molecule has 7 heteroatoms. The molecule has 63 heavy (non-hydrogen) atoms. The van der Waals surface area contributed by atoms with Crippen LogP contribution in [-0.2, 0) is 9.47 Å². The second-order valence-corrected chi connectivity index (χ2v) is 18.9. The highest BCUT2D eigenvalue weighted by Gasteiger charge is 2.44. The molecular weight excluding hydrogens is 785 g/mol. The summed E-state index contributed by atoms with van der Waals surface area (Å²) in [5, 5.41) is 50.4. The number of hydrogen-bond donors (Lipinski definition) is 5. The van der Waals surface area contributed by atoms with Crippen LogP contribution in [0.1, 0.15) is 116 Å². The van der Waals surface area contributed by atoms with Gasteiger partial charge in [0, 0.05) is 5.92 Å². The standard InChI is InChI=1S/C56H82O7/c1-39(2)27-32-48(56(12,13)61)34-28-43(6)25-18-24-42(5)23-16-21-40(3)19-14-15-20-41(4)22-17-26-44(7)30-36-49-46(9)31-35-47(55(49,10)11)33-29-45(8)38-62-54-53(60)52(59)51(58)50(37-57)63-54/h14-30,34,36,47-48,50-54,57-61H,31-33,35,37-38H2,1-13H3/b15-14+,21-16+,22-17+,24-18+,34-28+,36-30+,40-19+,41-20+,42-23+,43-25+,44-26+,45-29+/t47-,48-,50+,51-,52-,53+,54+/m0/s1. The third-order valence-corrected chi connectivity index (χ3v) is 11.9. The fourth-order valence-corrected chi connectivity index (χ4v) is 7.44. The molecule has 0 radical (unpaired) electrons. The summed E-state index contributed by atoms with van der Waals surface area (Å²) >= 11 is 0. The van der Waals surface area contributed by atoms with Gasteiger partial charge >= 0.3 is 0 Å². The maximum absolute atomic E-state index is 10.6. The summed E-state index contributed by atoms with van der Waals surface area (Å²) < 4.78 is 11.2. The Morgan fingerprint density at radius 3 is 1.75 bits per heavy atom. The van der Waals surface area contributed by atoms with Crippen molar-refractivity contribution in [3.63, 3.8) is 0 Å². The molecule has 1 aliphatic heterocycles. The van der Waals surface area contributed by atoms with Gasteiger partial charge in [0.25, 0.3) is 0 Å². The van der Waals surface area contributed by atoms with Gasteiger partial charge in [-0.25, -0.2) is 0 Å². The van der Waals surface area contributed by atoms with E-state index in [0.29, 0.717) is 5.92 Å². The van der Waals surface area contributed by atoms with E-state index < -0.39 is 42.9 Å². The average molecular weight is 867 g/mol. The van der Waals surface area contributed by atoms with Gasteiger partial charge in [-0.05, 0) is 119 Å². The molecule has 1 saturated heterocycles. The van der Waals surface area contributed by atoms with Gasteiger partial charge in [0.15, 0.2) is 6.29 Å². The zero-order valence-corrected chi connectivity index (χ0v) is 40.8. The molecule has 348 valence electrons. The summed E-state index contributed by atoms with van der Waals surface area (Å²) in [7, 11) is 0. The molecule has 2 rings (SSSR count). The summed E-state index contributed by atoms with van der Waals surface area (Å²) in [6, 6.07) is 0. The Morgan fingerprint density at radius 1 is 0.730 bits per heavy atom. The van der Waals surface area contributed by atoms with Crippen molar-refractivity contribution in [2.24, 2.45) is 17.3 Å². The van der Waals surface area contributed by atoms with Gasteiger partial charge in [-0.3, -0.25) is 0 Å². The van der Waals surface area contributed by atoms with Crippen LogP contribution in [0.4, 0.5) is 0 Å². The number of rotatable bonds is 21. The third-order valence-electron chi connectivity index (χ3n) is 11.9. The Morgan fingerprint density at radius 2 is 1.24 bits per heavy atom. The van der Waals surface area contributed by atoms with Gasteiger partial charge in [-0.2, -0.15) is 0 Å². The van der Waals surface area contributed by atoms with E-state index in [1.807, 2.05) is 20.8 Å². The molecule has 0 bridgehead atoms. The lowest BCUT2D eigenvalue weighted by molar-refractivity contribution is -0.299. The molecule has 0 aromatic carbocycles. The van der Waals surface area contributed by atoms with Crippen LogP contribution in [0.25, 0.3) is 0 Å². The molecule has 7 nitrogen and oxygen atoms in total. The Bertz CT molecular complexity index is 1900. The molecule has 7 atom stereocenters. The number of hydrogen-bond acceptors (Lipinski definition) is 7. The first kappa shape index (κ1) is 55.2. The monoisotopic (exact) mass is 867 g/mol. The van der Waals surface area contributed by atoms with E-state index in [4.69, 9.17) is 9.47 Å². The SMILES string of the molecule is CC(C)=CC[C@@H](/C=C/C(C)=C/C=C/C(C)=C/C=C/C(C)=C/C=C/C=C(C)/C=C/C=C(C)/C=C/C1=C(C)CC[C@H](C/C=C(\C)CO[C@@H]2O[C@H](CO)[C@H](O)[C@H](O)[C@H]2O)C1(C)C)C(C)(C)O. The van der Waals surface area contributed by atoms with Gasteiger partial charge in [0.05, 0.1) is 18.8 Å². The molecule has 2 aliphatic rings. The lowest BCUT2D eigenvalue weighted by Gasteiger charge is -2.41. The van der Waals surface area contributed by atoms with Gasteiger partial charge in [-0.1, -0.05) is 174 Å². The molecule has 5 N–H and O–H groups in total. The second kappa shape index (κ2) is 27.4. The molecule has 1 heterocycles. The summed E-state index contributed by atoms with van der Waals surface area (Å²) in [6.07, 6.45) is 37.7. The van der Waals surface area contributed by atoms with Crippen molar-refractivity contribution in [3.8, 4) is 0 Å². The van der Waals surface area contributed by atoms with Crippen molar-refractivity contribution in [1.29, 1.82) is 0 Å². The minimum Gasteiger partial charge on any atom is -0.394 e. The Hall–Kier alpha value is -3.92. The predicted molar refractivity (Wildman–Crippen MR) is 265 cm³/mol. The Labute approximate surface area is 381 Å². The van der Waals surface area contributed by atoms with Crippen LogP contribution >= 0.6 is 0 Å². The first-order chi connectivity index (χ1) is 29.6. The first-order valence-corrected chi connectivity index (χ1v) is 22.6. The molecule has 0 amide bonds. The minimum atomic E-state index is -1.45. The highest BCUT2D eigenvalue weighted by atomic mass is 16.7. The van der Waals surface area contributed by atoms with Crippen molar-refractivity contribution in [1.82, 2.24) is 0 Å². The predicted octanol–water partition coefficient (Wildman–Crippen LogP) is 11.7. The van der Waals surface area contributed by atoms with Crippen molar-refractivity contribution in [2.45, 2.75) is 152 Å². The van der Waals surface area contributed by atoms with Crippen LogP contribution in [0.15, 0.2) is 166 Å². The summed E-state index contributed by atoms with van der Waals surface area (Å²) in [5.74, 6) is 0.490. The fraction of sp³-hybridized carbons (Fsp3) is 0.500. The normalized spacial score (nSPS) is 25.9. The summed E-state index contributed by atoms with van der Waals surface area (Å²) in [6.45, 7) is 27.0. The molecule has 0 unspecified atom stereocenters. The molecule has 1 aliphatic carbocycles. The summed E-state index contributed by atoms with van der Waals surface area (Å²) in [4.78, 5) is 0. The van der Waals surface area contributed by atoms with Crippen LogP contribution in [-0.4, -0.2) is 75.1 Å². The second-order valence-electron chi connectivity index (χ2n) is 18.9. The van der Waals surface area contributed by atoms with Gasteiger partial charge in [-0.15, -0.1) is 0 Å². The van der Waals surface area contributed by atoms with Crippen molar-refractivity contribution < 1.29 is 35.0 Å². The molecular formula is C56H82O7. The van der Waals surface area contributed by atoms with Crippen LogP contribution in [0.2, 0.25) is 0 Å². The van der Waals surface area contributed by atoms with Gasteiger partial charge in [0.1, 0.15) is 24.4 Å². The van der Waals surface area contributed by atoms with Gasteiger partial charge < -0.3 is 35.0 Å². The number of aliphatic hydroxyl groups is 5. The minimum absolute atomic E-state index is 0.0312. The highest BCUT2D eigenvalue weighted by molar-refractivity contribution is 5.38. The first-order valence-electron chi connectivity index (χ1n) is 22.6. The number of aliphatic hydroxyl groups excluding tert-OH is 4. The lowest BCUT2D eigenvalue weighted by atomic mass is 9.64. The maximum atomic E-state index is 10.6. The largest absolute Gasteiger partial charge is 0.394 e. The molecule has 0 aromatic heterocycles. The zero-order valence-electron chi connectivity index (χ0n) is 40.8. The Kier molecular flexibility index (Phi) is 24.0. The van der Waals surface area contributed by atoms with Crippen LogP contribution in [0.5, 0.6) is 0 Å². The van der Waals surface area contributed by atoms with Crippen LogP contribution in [0.3, 0.4) is 0 Å². The molecule has 0 spiro atoms. The van der Waals surface area contributed by atoms with E-state index in [1.54, 1.807) is 0 Å². The number of allylic oxidation sites excluding steroid dienone is 26. The topological polar surface area (TPSA) is 120 Å². The Balaban J connectivity index is 1.91. The van der Waals surface area contributed by atoms with E-state index in [0.717, 1.165) is 53.5 Å². The van der Waals surface area contributed by atoms with E-state index in [2.05, 4.69) is 185 Å². The van der Waals surface area contributed by atoms with Crippen LogP contribution < -0.4 is 0 Å². The van der Waals surface area contributed by atoms with Gasteiger partial charge in [0.2, 0.25) is 0 Å². The quantitative estimate of drug-likeness (QED) is 0.0576. The fourth-order valence-electron chi connectivity index (χ4n) is 7.44. The summed E-state index contributed by atoms with van der Waals surface area (Å²) in [5.41, 5.74) is 10.0. The van der Waals surface area contributed by atoms with Crippen molar-refractivity contribution in [2.75, 3.05) is 13.2 Å². The third kappa shape index (κ3) is 20.2. The van der Waals surface area contributed by atoms with E-state index in [1.165, 1.54) is 22.3 Å². The van der Waals surface area contributed by atoms with E-state index >= 15 is 0 Å². The smallest absolute Gasteiger partial charge is 0.187 e. The maximum Gasteiger partial charge on any atom is 0.187 e. The van der Waals surface area contributed by atoms with Crippen LogP contribution in [0, 0.1) is 17.3 Å². The highest BCUT2D eigenvalue weighted by Crippen LogP contribution is 2.47. The zero-order chi connectivity index (χ0) is 47.3. The van der Waals surface area contributed by atoms with E-state index in [9.17, 15) is 25.5 Å². The van der Waals surface area contributed by atoms with Crippen molar-refractivity contribution >= 4 is 0 Å². The molecule has 0 aromatic rings. The van der Waals surface area contributed by atoms with E-state index in [-0.39, 0.29) is 17.9 Å². The van der Waals surface area contributed by atoms with Crippen molar-refractivity contribution in [3.05, 3.63) is 166 Å². The average Bonchev–Trinajstić information content (AvgIpc) is 3.20. The molecule has 0 saturated carbocycles. The molecule has 1 fully saturated rings.